The van der Waals surface area contributed by atoms with Gasteiger partial charge in [-0.25, -0.2) is 9.18 Å². The summed E-state index contributed by atoms with van der Waals surface area (Å²) in [6.45, 7) is 14.5. The van der Waals surface area contributed by atoms with Crippen LogP contribution < -0.4 is 16.0 Å². The number of hydrogen-bond donors (Lipinski definition) is 3. The summed E-state index contributed by atoms with van der Waals surface area (Å²) >= 11 is 0. The number of nitrogens with one attached hydrogen (secondary N) is 3. The van der Waals surface area contributed by atoms with Gasteiger partial charge in [0.05, 0.1) is 26.3 Å². The number of carbonyl (C=O) groups is 5. The van der Waals surface area contributed by atoms with Gasteiger partial charge in [0.1, 0.15) is 17.9 Å². The van der Waals surface area contributed by atoms with Gasteiger partial charge in [-0.05, 0) is 49.4 Å². The van der Waals surface area contributed by atoms with Crippen molar-refractivity contribution in [1.29, 1.82) is 0 Å². The van der Waals surface area contributed by atoms with Gasteiger partial charge in [-0.3, -0.25) is 19.2 Å². The Balaban J connectivity index is 3.30. The molecule has 46 heavy (non-hydrogen) atoms. The fraction of sp³-hybridized carbons (Fsp3) is 0.618. The topological polar surface area (TPSA) is 143 Å². The van der Waals surface area contributed by atoms with Crippen molar-refractivity contribution in [1.82, 2.24) is 20.9 Å². The van der Waals surface area contributed by atoms with Gasteiger partial charge in [-0.1, -0.05) is 66.7 Å². The first kappa shape index (κ1) is 40.2. The standard InChI is InChI=1S/C34H53FN4O7/c1-20(2)25(18-21(3)29(41)37-24(32(44)46-12)16-17-26(40)45-11)39(10)31(43)28(33(4,5)6)38-30(42)27(36-9)34(7,8)22-14-13-15-23(35)19-22/h13-15,18-20,24-25,27-28,36H,16-17H2,1-12H3,(H,37,41)(H,38,42)/b21-18+/t24-,25-,27-,28?/m1/s1. The number of rotatable bonds is 15. The molecule has 1 unspecified atom stereocenters. The predicted octanol–water partition coefficient (Wildman–Crippen LogP) is 3.26. The Morgan fingerprint density at radius 2 is 1.59 bits per heavy atom. The molecule has 1 aromatic rings. The molecule has 0 aliphatic rings. The van der Waals surface area contributed by atoms with E-state index >= 15 is 0 Å². The summed E-state index contributed by atoms with van der Waals surface area (Å²) in [4.78, 5) is 66.3. The summed E-state index contributed by atoms with van der Waals surface area (Å²) < 4.78 is 23.5. The average Bonchev–Trinajstić information content (AvgIpc) is 2.98. The fourth-order valence-corrected chi connectivity index (χ4v) is 5.21. The van der Waals surface area contributed by atoms with Crippen LogP contribution in [0.2, 0.25) is 0 Å². The number of nitrogens with zero attached hydrogens (tertiary/aromatic N) is 1. The third-order valence-electron chi connectivity index (χ3n) is 8.15. The molecule has 0 bridgehead atoms. The van der Waals surface area contributed by atoms with E-state index in [-0.39, 0.29) is 30.2 Å². The van der Waals surface area contributed by atoms with E-state index < -0.39 is 64.6 Å². The smallest absolute Gasteiger partial charge is 0.328 e. The van der Waals surface area contributed by atoms with Crippen molar-refractivity contribution in [2.45, 2.75) is 97.8 Å². The van der Waals surface area contributed by atoms with Crippen LogP contribution in [0.1, 0.15) is 73.8 Å². The Kier molecular flexibility index (Phi) is 15.0. The first-order chi connectivity index (χ1) is 21.2. The number of halogens is 1. The Morgan fingerprint density at radius 1 is 0.978 bits per heavy atom. The summed E-state index contributed by atoms with van der Waals surface area (Å²) in [5.74, 6) is -3.15. The second-order valence-electron chi connectivity index (χ2n) is 13.5. The molecule has 0 spiro atoms. The van der Waals surface area contributed by atoms with Crippen LogP contribution in [0.25, 0.3) is 0 Å². The van der Waals surface area contributed by atoms with Gasteiger partial charge < -0.3 is 30.3 Å². The van der Waals surface area contributed by atoms with E-state index in [0.29, 0.717) is 5.56 Å². The van der Waals surface area contributed by atoms with Crippen molar-refractivity contribution in [3.63, 3.8) is 0 Å². The molecule has 3 N–H and O–H groups in total. The molecule has 0 saturated heterocycles. The van der Waals surface area contributed by atoms with Crippen molar-refractivity contribution < 1.29 is 37.8 Å². The maximum absolute atomic E-state index is 14.1. The Bertz CT molecular complexity index is 1270. The molecule has 11 nitrogen and oxygen atoms in total. The zero-order valence-electron chi connectivity index (χ0n) is 29.4. The van der Waals surface area contributed by atoms with Crippen molar-refractivity contribution in [3.8, 4) is 0 Å². The van der Waals surface area contributed by atoms with Gasteiger partial charge in [-0.15, -0.1) is 0 Å². The minimum atomic E-state index is -1.07. The molecular weight excluding hydrogens is 595 g/mol. The quantitative estimate of drug-likeness (QED) is 0.194. The number of amides is 3. The molecule has 0 aliphatic carbocycles. The maximum Gasteiger partial charge on any atom is 0.328 e. The maximum atomic E-state index is 14.1. The normalized spacial score (nSPS) is 14.9. The zero-order chi connectivity index (χ0) is 35.6. The Morgan fingerprint density at radius 3 is 2.07 bits per heavy atom. The van der Waals surface area contributed by atoms with Crippen molar-refractivity contribution in [2.24, 2.45) is 11.3 Å². The van der Waals surface area contributed by atoms with E-state index in [1.807, 2.05) is 48.5 Å². The van der Waals surface area contributed by atoms with Crippen LogP contribution in [-0.4, -0.2) is 87.0 Å². The van der Waals surface area contributed by atoms with Crippen molar-refractivity contribution in [2.75, 3.05) is 28.3 Å². The van der Waals surface area contributed by atoms with Gasteiger partial charge in [0.25, 0.3) is 0 Å². The zero-order valence-corrected chi connectivity index (χ0v) is 29.4. The minimum Gasteiger partial charge on any atom is -0.469 e. The molecule has 0 aliphatic heterocycles. The number of benzene rings is 1. The van der Waals surface area contributed by atoms with Crippen molar-refractivity contribution in [3.05, 3.63) is 47.3 Å². The highest BCUT2D eigenvalue weighted by molar-refractivity contribution is 5.96. The number of hydrogen-bond acceptors (Lipinski definition) is 8. The number of carbonyl (C=O) groups excluding carboxylic acids is 5. The summed E-state index contributed by atoms with van der Waals surface area (Å²) in [6.07, 6.45) is 1.53. The van der Waals surface area contributed by atoms with Crippen LogP contribution in [0.15, 0.2) is 35.9 Å². The van der Waals surface area contributed by atoms with Crippen LogP contribution in [-0.2, 0) is 38.9 Å². The molecule has 1 rings (SSSR count). The van der Waals surface area contributed by atoms with Crippen LogP contribution in [0.4, 0.5) is 4.39 Å². The Labute approximate surface area is 273 Å². The Hall–Kier alpha value is -3.80. The summed E-state index contributed by atoms with van der Waals surface area (Å²) in [5.41, 5.74) is -0.664. The van der Waals surface area contributed by atoms with Crippen LogP contribution in [0, 0.1) is 17.2 Å². The molecule has 3 amide bonds. The van der Waals surface area contributed by atoms with Crippen LogP contribution in [0.5, 0.6) is 0 Å². The molecule has 12 heteroatoms. The van der Waals surface area contributed by atoms with Gasteiger partial charge in [0.2, 0.25) is 17.7 Å². The molecule has 0 aromatic heterocycles. The van der Waals surface area contributed by atoms with Gasteiger partial charge in [0.15, 0.2) is 0 Å². The fourth-order valence-electron chi connectivity index (χ4n) is 5.21. The molecule has 1 aromatic carbocycles. The molecule has 0 saturated carbocycles. The van der Waals surface area contributed by atoms with E-state index in [1.54, 1.807) is 39.2 Å². The summed E-state index contributed by atoms with van der Waals surface area (Å²) in [7, 11) is 5.66. The third kappa shape index (κ3) is 10.9. The monoisotopic (exact) mass is 648 g/mol. The highest BCUT2D eigenvalue weighted by Gasteiger charge is 2.41. The van der Waals surface area contributed by atoms with Gasteiger partial charge in [0, 0.05) is 24.5 Å². The molecular formula is C34H53FN4O7. The van der Waals surface area contributed by atoms with Crippen LogP contribution in [0.3, 0.4) is 0 Å². The van der Waals surface area contributed by atoms with E-state index in [0.717, 1.165) is 0 Å². The lowest BCUT2D eigenvalue weighted by Crippen LogP contribution is -2.61. The third-order valence-corrected chi connectivity index (χ3v) is 8.15. The highest BCUT2D eigenvalue weighted by Crippen LogP contribution is 2.29. The lowest BCUT2D eigenvalue weighted by atomic mass is 9.76. The average molecular weight is 649 g/mol. The largest absolute Gasteiger partial charge is 0.469 e. The second-order valence-corrected chi connectivity index (χ2v) is 13.5. The lowest BCUT2D eigenvalue weighted by molar-refractivity contribution is -0.146. The van der Waals surface area contributed by atoms with Crippen LogP contribution >= 0.6 is 0 Å². The molecule has 0 heterocycles. The summed E-state index contributed by atoms with van der Waals surface area (Å²) in [5, 5.41) is 8.59. The van der Waals surface area contributed by atoms with E-state index in [1.165, 1.54) is 31.3 Å². The van der Waals surface area contributed by atoms with E-state index in [9.17, 15) is 28.4 Å². The minimum absolute atomic E-state index is 0.0129. The molecule has 4 atom stereocenters. The van der Waals surface area contributed by atoms with Crippen molar-refractivity contribution >= 4 is 29.7 Å². The predicted molar refractivity (Wildman–Crippen MR) is 174 cm³/mol. The van der Waals surface area contributed by atoms with E-state index in [4.69, 9.17) is 4.74 Å². The van der Waals surface area contributed by atoms with E-state index in [2.05, 4.69) is 20.7 Å². The molecule has 0 radical (unpaired) electrons. The number of methoxy groups -OCH3 is 2. The molecule has 258 valence electrons. The number of ether oxygens (including phenoxy) is 2. The number of likely N-dealkylation sites (N-methyl/N-ethyl adjacent to an activating group) is 2. The second kappa shape index (κ2) is 17.2. The molecule has 0 fully saturated rings. The highest BCUT2D eigenvalue weighted by atomic mass is 19.1. The van der Waals surface area contributed by atoms with Gasteiger partial charge >= 0.3 is 11.9 Å². The first-order valence-electron chi connectivity index (χ1n) is 15.4. The SMILES string of the molecule is CN[C@H](C(=O)NC(C(=O)N(C)[C@H](/C=C(\C)C(=O)N[C@H](CCC(=O)OC)C(=O)OC)C(C)C)C(C)(C)C)C(C)(C)c1cccc(F)c1. The number of esters is 2. The summed E-state index contributed by atoms with van der Waals surface area (Å²) in [6, 6.07) is 2.69. The van der Waals surface area contributed by atoms with Gasteiger partial charge in [-0.2, -0.15) is 0 Å². The first-order valence-corrected chi connectivity index (χ1v) is 15.4. The lowest BCUT2D eigenvalue weighted by Gasteiger charge is -2.40.